The quantitative estimate of drug-likeness (QED) is 0.544. The molecule has 11 heteroatoms. The molecule has 102 valence electrons. The highest BCUT2D eigenvalue weighted by Gasteiger charge is 2.27. The summed E-state index contributed by atoms with van der Waals surface area (Å²) in [6, 6.07) is 0. The molecule has 0 aliphatic heterocycles. The molecular weight excluding hydrogens is 265 g/mol. The van der Waals surface area contributed by atoms with Gasteiger partial charge >= 0.3 is 6.18 Å². The fourth-order valence-corrected chi connectivity index (χ4v) is 1.18. The fraction of sp³-hybridized carbons (Fsp3) is 0.250. The van der Waals surface area contributed by atoms with E-state index in [1.165, 1.54) is 23.3 Å². The van der Waals surface area contributed by atoms with Crippen LogP contribution in [-0.4, -0.2) is 37.2 Å². The van der Waals surface area contributed by atoms with Crippen molar-refractivity contribution in [2.75, 3.05) is 17.3 Å². The van der Waals surface area contributed by atoms with Crippen molar-refractivity contribution in [2.24, 2.45) is 5.84 Å². The minimum absolute atomic E-state index is 0.0663. The third-order valence-electron chi connectivity index (χ3n) is 1.93. The van der Waals surface area contributed by atoms with Crippen LogP contribution in [0.1, 0.15) is 0 Å². The number of nitrogens with zero attached hydrogens (tertiary/aromatic N) is 5. The van der Waals surface area contributed by atoms with E-state index in [-0.39, 0.29) is 17.8 Å². The lowest BCUT2D eigenvalue weighted by Crippen LogP contribution is -2.23. The first-order chi connectivity index (χ1) is 8.98. The fourth-order valence-electron chi connectivity index (χ4n) is 1.18. The summed E-state index contributed by atoms with van der Waals surface area (Å²) in [4.78, 5) is 15.1. The highest BCUT2D eigenvalue weighted by molar-refractivity contribution is 5.37. The topological polar surface area (TPSA) is 107 Å². The van der Waals surface area contributed by atoms with Gasteiger partial charge in [0.25, 0.3) is 0 Å². The van der Waals surface area contributed by atoms with Crippen LogP contribution >= 0.6 is 0 Å². The molecule has 0 unspecified atom stereocenters. The molecule has 0 spiro atoms. The molecule has 2 aromatic rings. The van der Waals surface area contributed by atoms with Gasteiger partial charge in [0.2, 0.25) is 17.8 Å². The summed E-state index contributed by atoms with van der Waals surface area (Å²) in [5.41, 5.74) is 2.15. The predicted molar refractivity (Wildman–Crippen MR) is 59.3 cm³/mol. The predicted octanol–water partition coefficient (Wildman–Crippen LogP) is 0.317. The lowest BCUT2D eigenvalue weighted by atomic mass is 10.6. The first-order valence-corrected chi connectivity index (χ1v) is 4.99. The summed E-state index contributed by atoms with van der Waals surface area (Å²) in [5, 5.41) is 2.05. The van der Waals surface area contributed by atoms with Crippen LogP contribution in [0.15, 0.2) is 18.7 Å². The molecule has 2 heterocycles. The van der Waals surface area contributed by atoms with Crippen molar-refractivity contribution < 1.29 is 13.2 Å². The lowest BCUT2D eigenvalue weighted by molar-refractivity contribution is -0.115. The number of nitrogens with two attached hydrogens (primary N) is 1. The highest BCUT2D eigenvalue weighted by atomic mass is 19.4. The smallest absolute Gasteiger partial charge is 0.345 e. The second-order valence-electron chi connectivity index (χ2n) is 3.37. The maximum Gasteiger partial charge on any atom is 0.405 e. The number of halogens is 3. The van der Waals surface area contributed by atoms with Crippen LogP contribution in [0.5, 0.6) is 0 Å². The van der Waals surface area contributed by atoms with Gasteiger partial charge in [0.15, 0.2) is 0 Å². The zero-order valence-electron chi connectivity index (χ0n) is 9.39. The molecule has 0 radical (unpaired) electrons. The lowest BCUT2D eigenvalue weighted by Gasteiger charge is -2.10. The normalized spacial score (nSPS) is 11.4. The van der Waals surface area contributed by atoms with E-state index in [1.54, 1.807) is 0 Å². The second-order valence-corrected chi connectivity index (χ2v) is 3.37. The van der Waals surface area contributed by atoms with E-state index in [1.807, 2.05) is 5.32 Å². The Morgan fingerprint density at radius 1 is 1.21 bits per heavy atom. The number of hydrazine groups is 1. The maximum absolute atomic E-state index is 12.1. The zero-order chi connectivity index (χ0) is 13.9. The van der Waals surface area contributed by atoms with E-state index in [4.69, 9.17) is 5.84 Å². The molecule has 0 fully saturated rings. The number of nitrogens with one attached hydrogen (secondary N) is 2. The summed E-state index contributed by atoms with van der Waals surface area (Å²) in [6.45, 7) is -1.26. The van der Waals surface area contributed by atoms with Crippen molar-refractivity contribution in [1.82, 2.24) is 24.5 Å². The average molecular weight is 274 g/mol. The van der Waals surface area contributed by atoms with Gasteiger partial charge in [-0.2, -0.15) is 28.1 Å². The van der Waals surface area contributed by atoms with Crippen molar-refractivity contribution in [3.8, 4) is 5.95 Å². The van der Waals surface area contributed by atoms with E-state index >= 15 is 0 Å². The third kappa shape index (κ3) is 3.51. The molecule has 8 nitrogen and oxygen atoms in total. The summed E-state index contributed by atoms with van der Waals surface area (Å²) < 4.78 is 37.7. The Morgan fingerprint density at radius 2 is 1.95 bits per heavy atom. The Kier molecular flexibility index (Phi) is 3.46. The summed E-state index contributed by atoms with van der Waals surface area (Å²) in [7, 11) is 0. The minimum atomic E-state index is -4.38. The molecule has 4 N–H and O–H groups in total. The Balaban J connectivity index is 2.26. The minimum Gasteiger partial charge on any atom is -0.345 e. The molecule has 0 atom stereocenters. The van der Waals surface area contributed by atoms with Crippen LogP contribution in [0.4, 0.5) is 25.1 Å². The van der Waals surface area contributed by atoms with Crippen molar-refractivity contribution in [3.63, 3.8) is 0 Å². The maximum atomic E-state index is 12.1. The SMILES string of the molecule is NNc1nc(NCC(F)(F)F)nc(-n2ccnc2)n1. The molecule has 0 amide bonds. The molecule has 0 aliphatic rings. The Bertz CT molecular complexity index is 537. The van der Waals surface area contributed by atoms with E-state index in [9.17, 15) is 13.2 Å². The number of hydrogen-bond acceptors (Lipinski definition) is 7. The molecule has 0 bridgehead atoms. The van der Waals surface area contributed by atoms with Crippen molar-refractivity contribution >= 4 is 11.9 Å². The van der Waals surface area contributed by atoms with Gasteiger partial charge in [-0.3, -0.25) is 9.99 Å². The Hall–Kier alpha value is -2.43. The van der Waals surface area contributed by atoms with Gasteiger partial charge in [0.1, 0.15) is 12.9 Å². The monoisotopic (exact) mass is 274 g/mol. The van der Waals surface area contributed by atoms with Gasteiger partial charge in [-0.15, -0.1) is 0 Å². The molecule has 2 aromatic heterocycles. The van der Waals surface area contributed by atoms with Crippen molar-refractivity contribution in [1.29, 1.82) is 0 Å². The number of nitrogen functional groups attached to an aromatic ring is 1. The number of alkyl halides is 3. The first kappa shape index (κ1) is 13.0. The standard InChI is InChI=1S/C8H9F3N8/c9-8(10,11)3-14-5-15-6(18-12)17-7(16-5)19-2-1-13-4-19/h1-2,4H,3,12H2,(H2,14,15,16,17,18). The van der Waals surface area contributed by atoms with Crippen LogP contribution < -0.4 is 16.6 Å². The van der Waals surface area contributed by atoms with Crippen molar-refractivity contribution in [2.45, 2.75) is 6.18 Å². The Morgan fingerprint density at radius 3 is 2.53 bits per heavy atom. The number of hydrogen-bond donors (Lipinski definition) is 3. The molecule has 0 saturated carbocycles. The van der Waals surface area contributed by atoms with Crippen LogP contribution in [-0.2, 0) is 0 Å². The van der Waals surface area contributed by atoms with Crippen LogP contribution in [0.3, 0.4) is 0 Å². The molecule has 0 saturated heterocycles. The van der Waals surface area contributed by atoms with Gasteiger partial charge in [-0.1, -0.05) is 0 Å². The van der Waals surface area contributed by atoms with E-state index in [0.29, 0.717) is 0 Å². The molecule has 0 aliphatic carbocycles. The summed E-state index contributed by atoms with van der Waals surface area (Å²) in [6.07, 6.45) is 0.0204. The number of rotatable bonds is 4. The zero-order valence-corrected chi connectivity index (χ0v) is 9.39. The van der Waals surface area contributed by atoms with E-state index in [2.05, 4.69) is 25.4 Å². The number of anilines is 2. The van der Waals surface area contributed by atoms with Gasteiger partial charge in [0, 0.05) is 12.4 Å². The van der Waals surface area contributed by atoms with Crippen LogP contribution in [0.2, 0.25) is 0 Å². The highest BCUT2D eigenvalue weighted by Crippen LogP contribution is 2.15. The molecular formula is C8H9F3N8. The average Bonchev–Trinajstić information content (AvgIpc) is 2.89. The Labute approximate surface area is 104 Å². The van der Waals surface area contributed by atoms with Crippen LogP contribution in [0, 0.1) is 0 Å². The van der Waals surface area contributed by atoms with Crippen molar-refractivity contribution in [3.05, 3.63) is 18.7 Å². The molecule has 0 aromatic carbocycles. The van der Waals surface area contributed by atoms with Gasteiger partial charge in [0.05, 0.1) is 0 Å². The summed E-state index contributed by atoms with van der Waals surface area (Å²) in [5.74, 6) is 4.92. The summed E-state index contributed by atoms with van der Waals surface area (Å²) >= 11 is 0. The van der Waals surface area contributed by atoms with Gasteiger partial charge < -0.3 is 5.32 Å². The van der Waals surface area contributed by atoms with E-state index < -0.39 is 12.7 Å². The van der Waals surface area contributed by atoms with E-state index in [0.717, 1.165) is 0 Å². The second kappa shape index (κ2) is 5.06. The third-order valence-corrected chi connectivity index (χ3v) is 1.93. The largest absolute Gasteiger partial charge is 0.405 e. The number of imidazole rings is 1. The molecule has 2 rings (SSSR count). The van der Waals surface area contributed by atoms with Gasteiger partial charge in [-0.05, 0) is 0 Å². The first-order valence-electron chi connectivity index (χ1n) is 4.99. The van der Waals surface area contributed by atoms with Crippen LogP contribution in [0.25, 0.3) is 5.95 Å². The molecule has 19 heavy (non-hydrogen) atoms. The van der Waals surface area contributed by atoms with Gasteiger partial charge in [-0.25, -0.2) is 10.8 Å². The number of aromatic nitrogens is 5.